The molecule has 0 spiro atoms. The van der Waals surface area contributed by atoms with Crippen molar-refractivity contribution >= 4 is 5.97 Å². The maximum Gasteiger partial charge on any atom is 0.357 e. The van der Waals surface area contributed by atoms with E-state index in [1.54, 1.807) is 18.4 Å². The van der Waals surface area contributed by atoms with Crippen LogP contribution in [0, 0.1) is 0 Å². The van der Waals surface area contributed by atoms with Gasteiger partial charge in [-0.25, -0.2) is 18.6 Å². The summed E-state index contributed by atoms with van der Waals surface area (Å²) in [6, 6.07) is 0. The number of rotatable bonds is 3. The molecule has 1 aliphatic heterocycles. The van der Waals surface area contributed by atoms with Crippen molar-refractivity contribution in [3.05, 3.63) is 17.2 Å². The smallest absolute Gasteiger partial charge is 0.357 e. The highest BCUT2D eigenvalue weighted by Crippen LogP contribution is 2.27. The minimum Gasteiger partial charge on any atom is -0.458 e. The van der Waals surface area contributed by atoms with Crippen LogP contribution in [0.1, 0.15) is 55.1 Å². The fraction of sp³-hybridized carbons (Fsp3) is 0.667. The minimum absolute atomic E-state index is 0.0756. The molecule has 2 heterocycles. The normalized spacial score (nSPS) is 15.0. The Morgan fingerprint density at radius 1 is 1.39 bits per heavy atom. The van der Waals surface area contributed by atoms with Crippen molar-refractivity contribution in [2.45, 2.75) is 52.2 Å². The fourth-order valence-electron chi connectivity index (χ4n) is 2.14. The van der Waals surface area contributed by atoms with Gasteiger partial charge in [-0.3, -0.25) is 0 Å². The van der Waals surface area contributed by atoms with Crippen LogP contribution < -0.4 is 0 Å². The number of hydrogen-bond acceptors (Lipinski definition) is 3. The van der Waals surface area contributed by atoms with Gasteiger partial charge in [0.25, 0.3) is 6.43 Å². The lowest BCUT2D eigenvalue weighted by Gasteiger charge is -2.16. The second kappa shape index (κ2) is 5.04. The van der Waals surface area contributed by atoms with E-state index in [1.807, 2.05) is 0 Å². The maximum absolute atomic E-state index is 12.9. The molecule has 100 valence electrons. The van der Waals surface area contributed by atoms with Crippen LogP contribution in [0.3, 0.4) is 0 Å². The highest BCUT2D eigenvalue weighted by molar-refractivity contribution is 5.89. The van der Waals surface area contributed by atoms with Gasteiger partial charge in [0.1, 0.15) is 11.5 Å². The van der Waals surface area contributed by atoms with Gasteiger partial charge in [-0.2, -0.15) is 0 Å². The molecular weight excluding hydrogens is 242 g/mol. The lowest BCUT2D eigenvalue weighted by atomic mass is 10.1. The number of nitrogens with zero attached hydrogens (tertiary/aromatic N) is 2. The Balaban J connectivity index is 2.42. The van der Waals surface area contributed by atoms with E-state index in [0.717, 1.165) is 12.8 Å². The van der Waals surface area contributed by atoms with Crippen molar-refractivity contribution in [1.29, 1.82) is 0 Å². The zero-order chi connectivity index (χ0) is 13.3. The molecule has 0 fully saturated rings. The summed E-state index contributed by atoms with van der Waals surface area (Å²) >= 11 is 0. The standard InChI is InChI=1S/C12H16F2N2O2/c1-7(2)18-12(17)10-9(11(13)14)15-8-5-3-4-6-16(8)10/h7,11H,3-6H2,1-2H3. The molecule has 0 bridgehead atoms. The largest absolute Gasteiger partial charge is 0.458 e. The first kappa shape index (κ1) is 13.0. The first-order chi connectivity index (χ1) is 8.50. The molecule has 0 radical (unpaired) electrons. The van der Waals surface area contributed by atoms with Gasteiger partial charge in [0.2, 0.25) is 0 Å². The third kappa shape index (κ3) is 2.37. The second-order valence-corrected chi connectivity index (χ2v) is 4.63. The zero-order valence-corrected chi connectivity index (χ0v) is 10.4. The van der Waals surface area contributed by atoms with Crippen LogP contribution in [0.5, 0.6) is 0 Å². The summed E-state index contributed by atoms with van der Waals surface area (Å²) < 4.78 is 32.5. The average Bonchev–Trinajstić information content (AvgIpc) is 2.67. The summed E-state index contributed by atoms with van der Waals surface area (Å²) in [5.41, 5.74) is -0.522. The van der Waals surface area contributed by atoms with Crippen molar-refractivity contribution < 1.29 is 18.3 Å². The molecule has 1 aromatic heterocycles. The third-order valence-corrected chi connectivity index (χ3v) is 2.85. The van der Waals surface area contributed by atoms with E-state index in [-0.39, 0.29) is 11.8 Å². The maximum atomic E-state index is 12.9. The van der Waals surface area contributed by atoms with E-state index in [9.17, 15) is 13.6 Å². The SMILES string of the molecule is CC(C)OC(=O)c1c(C(F)F)nc2n1CCCC2. The van der Waals surface area contributed by atoms with E-state index in [4.69, 9.17) is 4.74 Å². The molecule has 4 nitrogen and oxygen atoms in total. The van der Waals surface area contributed by atoms with Gasteiger partial charge in [0.05, 0.1) is 6.10 Å². The monoisotopic (exact) mass is 258 g/mol. The number of fused-ring (bicyclic) bond motifs is 1. The van der Waals surface area contributed by atoms with Crippen molar-refractivity contribution in [1.82, 2.24) is 9.55 Å². The molecule has 0 atom stereocenters. The summed E-state index contributed by atoms with van der Waals surface area (Å²) in [6.45, 7) is 3.93. The molecule has 6 heteroatoms. The number of carbonyl (C=O) groups excluding carboxylic acids is 1. The number of halogens is 2. The Morgan fingerprint density at radius 3 is 2.72 bits per heavy atom. The third-order valence-electron chi connectivity index (χ3n) is 2.85. The Bertz CT molecular complexity index is 455. The Hall–Kier alpha value is -1.46. The summed E-state index contributed by atoms with van der Waals surface area (Å²) in [7, 11) is 0. The Morgan fingerprint density at radius 2 is 2.11 bits per heavy atom. The van der Waals surface area contributed by atoms with Crippen LogP contribution in [0.4, 0.5) is 8.78 Å². The molecule has 18 heavy (non-hydrogen) atoms. The topological polar surface area (TPSA) is 44.1 Å². The molecule has 0 aromatic carbocycles. The summed E-state index contributed by atoms with van der Waals surface area (Å²) in [4.78, 5) is 15.8. The number of hydrogen-bond donors (Lipinski definition) is 0. The minimum atomic E-state index is -2.75. The predicted octanol–water partition coefficient (Wildman–Crippen LogP) is 2.72. The van der Waals surface area contributed by atoms with Crippen molar-refractivity contribution in [2.75, 3.05) is 0 Å². The van der Waals surface area contributed by atoms with Crippen LogP contribution in [-0.4, -0.2) is 21.6 Å². The zero-order valence-electron chi connectivity index (χ0n) is 10.4. The van der Waals surface area contributed by atoms with Gasteiger partial charge < -0.3 is 9.30 Å². The number of carbonyl (C=O) groups is 1. The average molecular weight is 258 g/mol. The van der Waals surface area contributed by atoms with Crippen LogP contribution in [0.25, 0.3) is 0 Å². The number of aromatic nitrogens is 2. The van der Waals surface area contributed by atoms with Gasteiger partial charge in [0, 0.05) is 13.0 Å². The van der Waals surface area contributed by atoms with Crippen molar-refractivity contribution in [3.63, 3.8) is 0 Å². The lowest BCUT2D eigenvalue weighted by Crippen LogP contribution is -2.20. The fourth-order valence-corrected chi connectivity index (χ4v) is 2.14. The molecule has 0 saturated carbocycles. The number of imidazole rings is 1. The predicted molar refractivity (Wildman–Crippen MR) is 60.7 cm³/mol. The van der Waals surface area contributed by atoms with Crippen LogP contribution in [0.2, 0.25) is 0 Å². The molecule has 1 aromatic rings. The van der Waals surface area contributed by atoms with Gasteiger partial charge in [-0.15, -0.1) is 0 Å². The van der Waals surface area contributed by atoms with E-state index in [0.29, 0.717) is 18.8 Å². The first-order valence-electron chi connectivity index (χ1n) is 6.09. The summed E-state index contributed by atoms with van der Waals surface area (Å²) in [6.07, 6.45) is -0.670. The lowest BCUT2D eigenvalue weighted by molar-refractivity contribution is 0.0353. The Kier molecular flexibility index (Phi) is 3.63. The van der Waals surface area contributed by atoms with Gasteiger partial charge >= 0.3 is 5.97 Å². The molecule has 2 rings (SSSR count). The number of alkyl halides is 2. The molecular formula is C12H16F2N2O2. The quantitative estimate of drug-likeness (QED) is 0.783. The number of ether oxygens (including phenoxy) is 1. The molecule has 1 aliphatic rings. The van der Waals surface area contributed by atoms with Crippen LogP contribution in [0.15, 0.2) is 0 Å². The molecule has 0 aliphatic carbocycles. The molecule has 0 amide bonds. The first-order valence-corrected chi connectivity index (χ1v) is 6.09. The molecule has 0 N–H and O–H groups in total. The van der Waals surface area contributed by atoms with E-state index < -0.39 is 18.1 Å². The Labute approximate surface area is 104 Å². The summed E-state index contributed by atoms with van der Waals surface area (Å²) in [5.74, 6) is -0.145. The van der Waals surface area contributed by atoms with Crippen LogP contribution >= 0.6 is 0 Å². The van der Waals surface area contributed by atoms with E-state index in [1.165, 1.54) is 0 Å². The van der Waals surface area contributed by atoms with Crippen LogP contribution in [-0.2, 0) is 17.7 Å². The summed E-state index contributed by atoms with van der Waals surface area (Å²) in [5, 5.41) is 0. The number of aryl methyl sites for hydroxylation is 1. The van der Waals surface area contributed by atoms with Crippen molar-refractivity contribution in [2.24, 2.45) is 0 Å². The highest BCUT2D eigenvalue weighted by Gasteiger charge is 2.30. The van der Waals surface area contributed by atoms with Gasteiger partial charge in [-0.05, 0) is 26.7 Å². The van der Waals surface area contributed by atoms with Crippen molar-refractivity contribution in [3.8, 4) is 0 Å². The molecule has 0 saturated heterocycles. The van der Waals surface area contributed by atoms with Gasteiger partial charge in [-0.1, -0.05) is 0 Å². The number of esters is 1. The van der Waals surface area contributed by atoms with E-state index >= 15 is 0 Å². The van der Waals surface area contributed by atoms with E-state index in [2.05, 4.69) is 4.98 Å². The van der Waals surface area contributed by atoms with Gasteiger partial charge in [0.15, 0.2) is 5.69 Å². The second-order valence-electron chi connectivity index (χ2n) is 4.63. The highest BCUT2D eigenvalue weighted by atomic mass is 19.3. The molecule has 0 unspecified atom stereocenters.